The van der Waals surface area contributed by atoms with Gasteiger partial charge in [0, 0.05) is 6.61 Å². The predicted octanol–water partition coefficient (Wildman–Crippen LogP) is 2.12. The lowest BCUT2D eigenvalue weighted by atomic mass is 10.0. The number of halogens is 3. The number of ether oxygens (including phenoxy) is 1. The Bertz CT molecular complexity index is 123. The van der Waals surface area contributed by atoms with Gasteiger partial charge >= 0.3 is 6.18 Å². The summed E-state index contributed by atoms with van der Waals surface area (Å²) in [6.07, 6.45) is -3.60. The molecule has 0 aromatic heterocycles. The monoisotopic (exact) mass is 154 g/mol. The number of alkyl halides is 3. The van der Waals surface area contributed by atoms with E-state index in [1.54, 1.807) is 0 Å². The van der Waals surface area contributed by atoms with Gasteiger partial charge in [0.2, 0.25) is 0 Å². The third kappa shape index (κ3) is 1.12. The Morgan fingerprint density at radius 1 is 1.40 bits per heavy atom. The summed E-state index contributed by atoms with van der Waals surface area (Å²) in [4.78, 5) is 0. The second-order valence-electron chi connectivity index (χ2n) is 2.68. The third-order valence-electron chi connectivity index (χ3n) is 1.82. The van der Waals surface area contributed by atoms with Crippen LogP contribution in [0.3, 0.4) is 0 Å². The summed E-state index contributed by atoms with van der Waals surface area (Å²) in [6, 6.07) is 0. The highest BCUT2D eigenvalue weighted by Crippen LogP contribution is 2.40. The maximum Gasteiger partial charge on any atom is 0.417 e. The first-order valence-electron chi connectivity index (χ1n) is 3.16. The molecule has 1 atom stereocenters. The van der Waals surface area contributed by atoms with Crippen LogP contribution in [0.25, 0.3) is 0 Å². The van der Waals surface area contributed by atoms with Crippen molar-refractivity contribution in [2.45, 2.75) is 31.5 Å². The molecule has 0 aromatic carbocycles. The topological polar surface area (TPSA) is 9.23 Å². The highest BCUT2D eigenvalue weighted by molar-refractivity contribution is 4.87. The fourth-order valence-corrected chi connectivity index (χ4v) is 1.00. The molecule has 1 saturated heterocycles. The molecular weight excluding hydrogens is 145 g/mol. The molecule has 1 fully saturated rings. The second-order valence-corrected chi connectivity index (χ2v) is 2.68. The molecule has 0 amide bonds. The van der Waals surface area contributed by atoms with Crippen molar-refractivity contribution >= 4 is 0 Å². The average molecular weight is 154 g/mol. The molecule has 0 aromatic rings. The first-order chi connectivity index (χ1) is 4.46. The Morgan fingerprint density at radius 3 is 2.20 bits per heavy atom. The fourth-order valence-electron chi connectivity index (χ4n) is 1.00. The molecule has 4 heteroatoms. The lowest BCUT2D eigenvalue weighted by molar-refractivity contribution is -0.255. The zero-order chi connectivity index (χ0) is 7.83. The van der Waals surface area contributed by atoms with Gasteiger partial charge in [-0.3, -0.25) is 0 Å². The van der Waals surface area contributed by atoms with Crippen molar-refractivity contribution in [3.8, 4) is 0 Å². The zero-order valence-corrected chi connectivity index (χ0v) is 5.66. The van der Waals surface area contributed by atoms with Crippen LogP contribution >= 0.6 is 0 Å². The van der Waals surface area contributed by atoms with Crippen molar-refractivity contribution in [3.63, 3.8) is 0 Å². The minimum absolute atomic E-state index is 0.0938. The Kier molecular flexibility index (Phi) is 1.66. The summed E-state index contributed by atoms with van der Waals surface area (Å²) >= 11 is 0. The summed E-state index contributed by atoms with van der Waals surface area (Å²) in [7, 11) is 0. The van der Waals surface area contributed by atoms with Crippen molar-refractivity contribution in [1.29, 1.82) is 0 Å². The molecule has 0 spiro atoms. The van der Waals surface area contributed by atoms with Crippen molar-refractivity contribution < 1.29 is 17.9 Å². The van der Waals surface area contributed by atoms with E-state index in [-0.39, 0.29) is 13.0 Å². The maximum absolute atomic E-state index is 12.0. The van der Waals surface area contributed by atoms with E-state index in [4.69, 9.17) is 0 Å². The number of hydrogen-bond acceptors (Lipinski definition) is 1. The maximum atomic E-state index is 12.0. The van der Waals surface area contributed by atoms with Crippen molar-refractivity contribution in [2.24, 2.45) is 0 Å². The molecular formula is C6H9F3O. The molecule has 0 saturated carbocycles. The van der Waals surface area contributed by atoms with Crippen LogP contribution < -0.4 is 0 Å². The highest BCUT2D eigenvalue weighted by atomic mass is 19.4. The van der Waals surface area contributed by atoms with E-state index in [0.29, 0.717) is 6.42 Å². The SMILES string of the molecule is C[C@@]1(C(F)(F)F)CCCO1. The molecule has 0 radical (unpaired) electrons. The van der Waals surface area contributed by atoms with Crippen LogP contribution in [0, 0.1) is 0 Å². The highest BCUT2D eigenvalue weighted by Gasteiger charge is 2.53. The zero-order valence-electron chi connectivity index (χ0n) is 5.66. The molecule has 1 aliphatic rings. The molecule has 0 N–H and O–H groups in total. The summed E-state index contributed by atoms with van der Waals surface area (Å²) in [5.41, 5.74) is -1.87. The molecule has 60 valence electrons. The van der Waals surface area contributed by atoms with Crippen LogP contribution in [0.1, 0.15) is 19.8 Å². The van der Waals surface area contributed by atoms with E-state index < -0.39 is 11.8 Å². The van der Waals surface area contributed by atoms with E-state index in [2.05, 4.69) is 4.74 Å². The van der Waals surface area contributed by atoms with E-state index in [1.807, 2.05) is 0 Å². The van der Waals surface area contributed by atoms with E-state index in [0.717, 1.165) is 6.92 Å². The lowest BCUT2D eigenvalue weighted by Crippen LogP contribution is -2.41. The van der Waals surface area contributed by atoms with Gasteiger partial charge in [-0.15, -0.1) is 0 Å². The van der Waals surface area contributed by atoms with Gasteiger partial charge in [-0.2, -0.15) is 13.2 Å². The molecule has 10 heavy (non-hydrogen) atoms. The minimum atomic E-state index is -4.20. The standard InChI is InChI=1S/C6H9F3O/c1-5(6(7,8)9)3-2-4-10-5/h2-4H2,1H3/t5-/m0/s1. The normalized spacial score (nSPS) is 34.8. The smallest absolute Gasteiger partial charge is 0.366 e. The molecule has 1 heterocycles. The van der Waals surface area contributed by atoms with Gasteiger partial charge in [-0.1, -0.05) is 0 Å². The summed E-state index contributed by atoms with van der Waals surface area (Å²) < 4.78 is 40.6. The Balaban J connectivity index is 2.67. The summed E-state index contributed by atoms with van der Waals surface area (Å²) in [6.45, 7) is 1.33. The number of hydrogen-bond donors (Lipinski definition) is 0. The molecule has 1 nitrogen and oxygen atoms in total. The van der Waals surface area contributed by atoms with Crippen LogP contribution in [0.4, 0.5) is 13.2 Å². The van der Waals surface area contributed by atoms with E-state index in [1.165, 1.54) is 0 Å². The van der Waals surface area contributed by atoms with Crippen LogP contribution in [-0.2, 0) is 4.74 Å². The fraction of sp³-hybridized carbons (Fsp3) is 1.00. The van der Waals surface area contributed by atoms with Gasteiger partial charge in [0.25, 0.3) is 0 Å². The lowest BCUT2D eigenvalue weighted by Gasteiger charge is -2.25. The van der Waals surface area contributed by atoms with Crippen LogP contribution in [-0.4, -0.2) is 18.4 Å². The summed E-state index contributed by atoms with van der Waals surface area (Å²) in [5, 5.41) is 0. The van der Waals surface area contributed by atoms with Gasteiger partial charge in [-0.25, -0.2) is 0 Å². The van der Waals surface area contributed by atoms with Crippen molar-refractivity contribution in [2.75, 3.05) is 6.61 Å². The van der Waals surface area contributed by atoms with Gasteiger partial charge in [0.15, 0.2) is 5.60 Å². The second kappa shape index (κ2) is 2.12. The Labute approximate surface area is 57.2 Å². The quantitative estimate of drug-likeness (QED) is 0.519. The Morgan fingerprint density at radius 2 is 2.00 bits per heavy atom. The van der Waals surface area contributed by atoms with Gasteiger partial charge < -0.3 is 4.74 Å². The minimum Gasteiger partial charge on any atom is -0.366 e. The molecule has 0 bridgehead atoms. The molecule has 0 aliphatic carbocycles. The van der Waals surface area contributed by atoms with Gasteiger partial charge in [-0.05, 0) is 19.8 Å². The van der Waals surface area contributed by atoms with Crippen LogP contribution in [0.15, 0.2) is 0 Å². The van der Waals surface area contributed by atoms with Crippen LogP contribution in [0.5, 0.6) is 0 Å². The van der Waals surface area contributed by atoms with Crippen molar-refractivity contribution in [1.82, 2.24) is 0 Å². The van der Waals surface area contributed by atoms with Crippen molar-refractivity contribution in [3.05, 3.63) is 0 Å². The molecule has 1 aliphatic heterocycles. The first-order valence-corrected chi connectivity index (χ1v) is 3.16. The van der Waals surface area contributed by atoms with E-state index in [9.17, 15) is 13.2 Å². The largest absolute Gasteiger partial charge is 0.417 e. The van der Waals surface area contributed by atoms with Crippen LogP contribution in [0.2, 0.25) is 0 Å². The molecule has 1 rings (SSSR count). The third-order valence-corrected chi connectivity index (χ3v) is 1.82. The first kappa shape index (κ1) is 7.85. The average Bonchev–Trinajstić information content (AvgIpc) is 2.13. The number of rotatable bonds is 0. The van der Waals surface area contributed by atoms with Gasteiger partial charge in [0.1, 0.15) is 0 Å². The summed E-state index contributed by atoms with van der Waals surface area (Å²) in [5.74, 6) is 0. The molecule has 0 unspecified atom stereocenters. The van der Waals surface area contributed by atoms with E-state index >= 15 is 0 Å². The van der Waals surface area contributed by atoms with Gasteiger partial charge in [0.05, 0.1) is 0 Å². The predicted molar refractivity (Wildman–Crippen MR) is 29.6 cm³/mol. The Hall–Kier alpha value is -0.250.